The monoisotopic (exact) mass is 523 g/mol. The van der Waals surface area contributed by atoms with Crippen molar-refractivity contribution in [2.45, 2.75) is 32.9 Å². The van der Waals surface area contributed by atoms with E-state index < -0.39 is 27.7 Å². The molecule has 8 nitrogen and oxygen atoms in total. The minimum atomic E-state index is -4.50. The highest BCUT2D eigenvalue weighted by Crippen LogP contribution is 2.33. The summed E-state index contributed by atoms with van der Waals surface area (Å²) >= 11 is 0. The second-order valence-electron chi connectivity index (χ2n) is 8.19. The Balaban J connectivity index is 1.83. The number of nitrogens with one attached hydrogen (secondary N) is 2. The van der Waals surface area contributed by atoms with E-state index >= 15 is 0 Å². The molecule has 0 aliphatic rings. The largest absolute Gasteiger partial charge is 0.416 e. The van der Waals surface area contributed by atoms with E-state index in [1.165, 1.54) is 29.1 Å². The highest BCUT2D eigenvalue weighted by atomic mass is 32.2. The van der Waals surface area contributed by atoms with Gasteiger partial charge in [0.2, 0.25) is 10.0 Å². The van der Waals surface area contributed by atoms with Crippen molar-refractivity contribution in [2.75, 3.05) is 12.3 Å². The summed E-state index contributed by atoms with van der Waals surface area (Å²) in [5, 5.41) is 7.89. The molecule has 3 aromatic rings. The maximum absolute atomic E-state index is 13.3. The Hall–Kier alpha value is -3.54. The van der Waals surface area contributed by atoms with E-state index in [-0.39, 0.29) is 5.75 Å². The number of sulfonamides is 1. The zero-order valence-electron chi connectivity index (χ0n) is 20.1. The number of benzene rings is 1. The van der Waals surface area contributed by atoms with E-state index in [9.17, 15) is 26.4 Å². The minimum Gasteiger partial charge on any atom is -0.391 e. The van der Waals surface area contributed by atoms with Gasteiger partial charge in [-0.05, 0) is 43.8 Å². The van der Waals surface area contributed by atoms with Crippen molar-refractivity contribution in [2.24, 2.45) is 7.05 Å². The average Bonchev–Trinajstić information content (AvgIpc) is 3.32. The first kappa shape index (κ1) is 27.1. The van der Waals surface area contributed by atoms with Crippen molar-refractivity contribution in [3.8, 4) is 5.82 Å². The number of hydrogen-bond donors (Lipinski definition) is 2. The van der Waals surface area contributed by atoms with Crippen molar-refractivity contribution in [1.82, 2.24) is 24.4 Å². The van der Waals surface area contributed by atoms with Gasteiger partial charge in [0.25, 0.3) is 5.91 Å². The van der Waals surface area contributed by atoms with Gasteiger partial charge in [-0.2, -0.15) is 18.3 Å². The number of aryl methyl sites for hydroxylation is 2. The number of carbonyl (C=O) groups is 1. The Morgan fingerprint density at radius 3 is 2.67 bits per heavy atom. The topological polar surface area (TPSA) is 98.0 Å². The van der Waals surface area contributed by atoms with Gasteiger partial charge in [-0.1, -0.05) is 25.5 Å². The molecule has 12 heteroatoms. The molecule has 2 N–H and O–H groups in total. The third kappa shape index (κ3) is 6.56. The van der Waals surface area contributed by atoms with Gasteiger partial charge in [0.05, 0.1) is 22.5 Å². The van der Waals surface area contributed by atoms with Crippen molar-refractivity contribution in [3.05, 3.63) is 65.6 Å². The van der Waals surface area contributed by atoms with Gasteiger partial charge >= 0.3 is 6.18 Å². The van der Waals surface area contributed by atoms with Crippen LogP contribution in [0.15, 0.2) is 48.8 Å². The van der Waals surface area contributed by atoms with Crippen molar-refractivity contribution >= 4 is 32.9 Å². The lowest BCUT2D eigenvalue weighted by Crippen LogP contribution is -2.30. The summed E-state index contributed by atoms with van der Waals surface area (Å²) < 4.78 is 69.2. The van der Waals surface area contributed by atoms with Crippen LogP contribution in [-0.2, 0) is 28.0 Å². The Kier molecular flexibility index (Phi) is 8.28. The lowest BCUT2D eigenvalue weighted by Gasteiger charge is -2.10. The summed E-state index contributed by atoms with van der Waals surface area (Å²) in [4.78, 5) is 12.3. The molecule has 2 aromatic heterocycles. The second kappa shape index (κ2) is 11.0. The summed E-state index contributed by atoms with van der Waals surface area (Å²) in [6.45, 7) is 4.45. The van der Waals surface area contributed by atoms with Crippen molar-refractivity contribution in [1.29, 1.82) is 0 Å². The first-order valence-electron chi connectivity index (χ1n) is 11.3. The quantitative estimate of drug-likeness (QED) is 0.309. The first-order valence-corrected chi connectivity index (χ1v) is 12.9. The first-order chi connectivity index (χ1) is 16.9. The Morgan fingerprint density at radius 2 is 1.97 bits per heavy atom. The van der Waals surface area contributed by atoms with Crippen LogP contribution >= 0.6 is 0 Å². The van der Waals surface area contributed by atoms with Crippen molar-refractivity contribution < 1.29 is 26.4 Å². The molecule has 0 atom stereocenters. The third-order valence-corrected chi connectivity index (χ3v) is 6.51. The second-order valence-corrected chi connectivity index (χ2v) is 9.96. The van der Waals surface area contributed by atoms with Crippen molar-refractivity contribution in [3.63, 3.8) is 0 Å². The van der Waals surface area contributed by atoms with Crippen LogP contribution in [0.4, 0.5) is 13.2 Å². The van der Waals surface area contributed by atoms with Crippen LogP contribution in [0.2, 0.25) is 0 Å². The molecule has 1 aromatic carbocycles. The standard InChI is InChI=1S/C24H28F3N5O3S/c1-4-5-12-28-13-6-15-36(34,35)30-22(33)10-9-20-17(2)29-31(3)23(20)32-14-11-18-7-8-19(16-21(18)32)24(25,26)27/h6-11,13-14,16,28H,4-5,12,15H2,1-3H3,(H,30,33)/b10-9+,13-6?. The van der Waals surface area contributed by atoms with Crippen LogP contribution in [0, 0.1) is 6.92 Å². The molecular weight excluding hydrogens is 495 g/mol. The normalized spacial score (nSPS) is 12.7. The van der Waals surface area contributed by atoms with E-state index in [4.69, 9.17) is 0 Å². The zero-order chi connectivity index (χ0) is 26.5. The van der Waals surface area contributed by atoms with E-state index in [0.717, 1.165) is 37.6 Å². The average molecular weight is 524 g/mol. The van der Waals surface area contributed by atoms with Gasteiger partial charge < -0.3 is 9.88 Å². The van der Waals surface area contributed by atoms with Crippen LogP contribution in [0.1, 0.15) is 36.6 Å². The molecule has 0 unspecified atom stereocenters. The number of aromatic nitrogens is 3. The molecule has 3 rings (SSSR count). The molecule has 0 bridgehead atoms. The summed E-state index contributed by atoms with van der Waals surface area (Å²) in [5.74, 6) is -0.803. The number of nitrogens with zero attached hydrogens (tertiary/aromatic N) is 3. The summed E-state index contributed by atoms with van der Waals surface area (Å²) in [7, 11) is -2.26. The predicted molar refractivity (Wildman–Crippen MR) is 133 cm³/mol. The number of amides is 1. The fraction of sp³-hybridized carbons (Fsp3) is 0.333. The molecule has 194 valence electrons. The molecule has 36 heavy (non-hydrogen) atoms. The highest BCUT2D eigenvalue weighted by Gasteiger charge is 2.31. The summed E-state index contributed by atoms with van der Waals surface area (Å²) in [6.07, 6.45) is 4.47. The number of unbranched alkanes of at least 4 members (excludes halogenated alkanes) is 1. The number of carbonyl (C=O) groups excluding carboxylic acids is 1. The van der Waals surface area contributed by atoms with E-state index in [1.54, 1.807) is 30.8 Å². The van der Waals surface area contributed by atoms with Gasteiger partial charge in [0.1, 0.15) is 5.82 Å². The molecule has 0 aliphatic carbocycles. The van der Waals surface area contributed by atoms with Crippen LogP contribution in [0.5, 0.6) is 0 Å². The Morgan fingerprint density at radius 1 is 1.22 bits per heavy atom. The number of alkyl halides is 3. The number of rotatable bonds is 10. The SMILES string of the molecule is CCCCNC=CCS(=O)(=O)NC(=O)/C=C/c1c(C)nn(C)c1-n1ccc2ccc(C(F)(F)F)cc21. The van der Waals surface area contributed by atoms with Crippen LogP contribution < -0.4 is 10.0 Å². The van der Waals surface area contributed by atoms with Gasteiger partial charge in [-0.25, -0.2) is 13.1 Å². The van der Waals surface area contributed by atoms with Crippen LogP contribution in [0.25, 0.3) is 22.8 Å². The fourth-order valence-corrected chi connectivity index (χ4v) is 4.45. The lowest BCUT2D eigenvalue weighted by atomic mass is 10.1. The fourth-order valence-electron chi connectivity index (χ4n) is 3.64. The Labute approximate surface area is 207 Å². The van der Waals surface area contributed by atoms with E-state index in [1.807, 2.05) is 11.6 Å². The van der Waals surface area contributed by atoms with Crippen LogP contribution in [-0.4, -0.2) is 41.0 Å². The summed E-state index contributed by atoms with van der Waals surface area (Å²) in [5.41, 5.74) is 0.494. The molecule has 2 heterocycles. The summed E-state index contributed by atoms with van der Waals surface area (Å²) in [6, 6.07) is 5.13. The maximum atomic E-state index is 13.3. The molecule has 0 radical (unpaired) electrons. The zero-order valence-corrected chi connectivity index (χ0v) is 20.9. The molecule has 0 saturated heterocycles. The maximum Gasteiger partial charge on any atom is 0.416 e. The highest BCUT2D eigenvalue weighted by molar-refractivity contribution is 7.90. The Bertz CT molecular complexity index is 1400. The predicted octanol–water partition coefficient (Wildman–Crippen LogP) is 4.05. The van der Waals surface area contributed by atoms with Gasteiger partial charge in [-0.3, -0.25) is 9.48 Å². The van der Waals surface area contributed by atoms with Crippen LogP contribution in [0.3, 0.4) is 0 Å². The number of hydrogen-bond acceptors (Lipinski definition) is 5. The molecule has 0 spiro atoms. The molecule has 0 fully saturated rings. The molecular formula is C24H28F3N5O3S. The van der Waals surface area contributed by atoms with Gasteiger partial charge in [-0.15, -0.1) is 0 Å². The smallest absolute Gasteiger partial charge is 0.391 e. The van der Waals surface area contributed by atoms with E-state index in [0.29, 0.717) is 28.0 Å². The molecule has 0 aliphatic heterocycles. The molecule has 0 saturated carbocycles. The third-order valence-electron chi connectivity index (χ3n) is 5.37. The number of halogens is 3. The lowest BCUT2D eigenvalue weighted by molar-refractivity contribution is -0.137. The minimum absolute atomic E-state index is 0.314. The number of fused-ring (bicyclic) bond motifs is 1. The van der Waals surface area contributed by atoms with Gasteiger partial charge in [0, 0.05) is 36.8 Å². The van der Waals surface area contributed by atoms with E-state index in [2.05, 4.69) is 10.4 Å². The molecule has 1 amide bonds. The van der Waals surface area contributed by atoms with Gasteiger partial charge in [0.15, 0.2) is 0 Å².